The van der Waals surface area contributed by atoms with Gasteiger partial charge in [-0.3, -0.25) is 9.69 Å². The molecule has 0 aliphatic carbocycles. The van der Waals surface area contributed by atoms with E-state index in [2.05, 4.69) is 16.1 Å². The van der Waals surface area contributed by atoms with Crippen LogP contribution in [-0.2, 0) is 24.5 Å². The number of nitrogens with zero attached hydrogens (tertiary/aromatic N) is 4. The first-order valence-corrected chi connectivity index (χ1v) is 16.8. The van der Waals surface area contributed by atoms with Crippen LogP contribution in [0.1, 0.15) is 23.2 Å². The van der Waals surface area contributed by atoms with Gasteiger partial charge in [-0.1, -0.05) is 60.7 Å². The second-order valence-electron chi connectivity index (χ2n) is 11.3. The number of carbonyl (C=O) groups excluding carboxylic acids is 1. The van der Waals surface area contributed by atoms with Crippen LogP contribution >= 0.6 is 11.8 Å². The fraction of sp³-hybridized carbons (Fsp3) is 0.243. The molecule has 1 atom stereocenters. The third-order valence-corrected chi connectivity index (χ3v) is 8.69. The number of piperazine rings is 1. The Bertz CT molecular complexity index is 1750. The molecule has 46 heavy (non-hydrogen) atoms. The number of thioether (sulfide) groups is 1. The van der Waals surface area contributed by atoms with Crippen LogP contribution in [0.15, 0.2) is 116 Å². The number of hydrogen-bond acceptors (Lipinski definition) is 6. The Labute approximate surface area is 273 Å². The van der Waals surface area contributed by atoms with Gasteiger partial charge in [-0.2, -0.15) is 11.8 Å². The van der Waals surface area contributed by atoms with Crippen LogP contribution in [0.4, 0.5) is 10.1 Å². The molecule has 1 aromatic heterocycles. The predicted molar refractivity (Wildman–Crippen MR) is 181 cm³/mol. The van der Waals surface area contributed by atoms with E-state index in [0.29, 0.717) is 43.5 Å². The lowest BCUT2D eigenvalue weighted by Crippen LogP contribution is -2.56. The normalized spacial score (nSPS) is 15.2. The molecular formula is C37H37FN4O3S. The number of rotatable bonds is 13. The first-order chi connectivity index (χ1) is 22.6. The molecule has 1 amide bonds. The van der Waals surface area contributed by atoms with Crippen molar-refractivity contribution in [2.75, 3.05) is 30.0 Å². The highest BCUT2D eigenvalue weighted by Gasteiger charge is 2.34. The Balaban J connectivity index is 1.17. The highest BCUT2D eigenvalue weighted by atomic mass is 32.2. The van der Waals surface area contributed by atoms with E-state index in [-0.39, 0.29) is 24.3 Å². The van der Waals surface area contributed by atoms with E-state index >= 15 is 0 Å². The maximum Gasteiger partial charge on any atom is 0.241 e. The summed E-state index contributed by atoms with van der Waals surface area (Å²) in [4.78, 5) is 22.3. The molecular weight excluding hydrogens is 599 g/mol. The molecule has 0 saturated carbocycles. The third kappa shape index (κ3) is 7.97. The van der Waals surface area contributed by atoms with E-state index in [1.807, 2.05) is 101 Å². The van der Waals surface area contributed by atoms with E-state index in [9.17, 15) is 9.18 Å². The molecule has 0 N–H and O–H groups in total. The van der Waals surface area contributed by atoms with Gasteiger partial charge in [0, 0.05) is 37.9 Å². The van der Waals surface area contributed by atoms with Crippen molar-refractivity contribution >= 4 is 23.4 Å². The first-order valence-electron chi connectivity index (χ1n) is 15.4. The number of benzene rings is 4. The number of para-hydroxylation sites is 2. The molecule has 236 valence electrons. The molecule has 2 heterocycles. The summed E-state index contributed by atoms with van der Waals surface area (Å²) in [5, 5.41) is 0. The summed E-state index contributed by atoms with van der Waals surface area (Å²) in [5.74, 6) is 2.67. The molecule has 4 aromatic carbocycles. The second kappa shape index (κ2) is 15.1. The van der Waals surface area contributed by atoms with Crippen LogP contribution in [0.5, 0.6) is 17.2 Å². The van der Waals surface area contributed by atoms with E-state index in [1.54, 1.807) is 30.2 Å². The zero-order valence-corrected chi connectivity index (χ0v) is 26.6. The number of ether oxygens (including phenoxy) is 2. The van der Waals surface area contributed by atoms with Gasteiger partial charge in [-0.25, -0.2) is 9.37 Å². The monoisotopic (exact) mass is 636 g/mol. The highest BCUT2D eigenvalue weighted by molar-refractivity contribution is 7.98. The summed E-state index contributed by atoms with van der Waals surface area (Å²) in [7, 11) is 0. The predicted octanol–water partition coefficient (Wildman–Crippen LogP) is 7.41. The zero-order chi connectivity index (χ0) is 31.7. The number of anilines is 1. The van der Waals surface area contributed by atoms with Crippen molar-refractivity contribution in [2.24, 2.45) is 0 Å². The Morgan fingerprint density at radius 3 is 2.52 bits per heavy atom. The van der Waals surface area contributed by atoms with Crippen LogP contribution < -0.4 is 14.4 Å². The number of halogens is 1. The van der Waals surface area contributed by atoms with Crippen LogP contribution in [0.3, 0.4) is 0 Å². The van der Waals surface area contributed by atoms with Crippen LogP contribution in [-0.4, -0.2) is 51.5 Å². The largest absolute Gasteiger partial charge is 0.489 e. The van der Waals surface area contributed by atoms with Crippen LogP contribution in [0.2, 0.25) is 0 Å². The molecule has 0 spiro atoms. The quantitative estimate of drug-likeness (QED) is 0.134. The zero-order valence-electron chi connectivity index (χ0n) is 25.8. The minimum atomic E-state index is -0.258. The summed E-state index contributed by atoms with van der Waals surface area (Å²) < 4.78 is 28.2. The van der Waals surface area contributed by atoms with Gasteiger partial charge in [0.1, 0.15) is 23.9 Å². The van der Waals surface area contributed by atoms with Gasteiger partial charge in [-0.15, -0.1) is 0 Å². The van der Waals surface area contributed by atoms with E-state index in [1.165, 1.54) is 6.07 Å². The molecule has 1 aliphatic rings. The van der Waals surface area contributed by atoms with Crippen molar-refractivity contribution < 1.29 is 18.7 Å². The van der Waals surface area contributed by atoms with Crippen molar-refractivity contribution in [3.63, 3.8) is 0 Å². The van der Waals surface area contributed by atoms with Crippen molar-refractivity contribution in [1.29, 1.82) is 0 Å². The third-order valence-electron chi connectivity index (χ3n) is 8.05. The molecule has 0 bridgehead atoms. The number of imidazole rings is 1. The second-order valence-corrected chi connectivity index (χ2v) is 12.3. The average molecular weight is 637 g/mol. The average Bonchev–Trinajstić information content (AvgIpc) is 3.50. The highest BCUT2D eigenvalue weighted by Crippen LogP contribution is 2.35. The first kappa shape index (κ1) is 31.4. The number of carbonyl (C=O) groups is 1. The van der Waals surface area contributed by atoms with Gasteiger partial charge in [0.25, 0.3) is 0 Å². The maximum atomic E-state index is 13.8. The molecule has 7 nitrogen and oxygen atoms in total. The SMILES string of the molecule is CSCC[C@H]1CN(c2ccccc2Oc2cccc(OCc3ccccc3)c2)C(=O)CN1Cc1cncn1Cc1cccc(F)c1. The molecule has 1 fully saturated rings. The minimum Gasteiger partial charge on any atom is -0.489 e. The fourth-order valence-corrected chi connectivity index (χ4v) is 6.19. The number of amides is 1. The smallest absolute Gasteiger partial charge is 0.241 e. The summed E-state index contributed by atoms with van der Waals surface area (Å²) in [6, 6.07) is 32.0. The molecule has 0 radical (unpaired) electrons. The minimum absolute atomic E-state index is 0.00703. The molecule has 6 rings (SSSR count). The molecule has 0 unspecified atom stereocenters. The summed E-state index contributed by atoms with van der Waals surface area (Å²) >= 11 is 1.80. The van der Waals surface area contributed by atoms with Crippen LogP contribution in [0.25, 0.3) is 0 Å². The van der Waals surface area contributed by atoms with Gasteiger partial charge in [0.15, 0.2) is 5.75 Å². The Kier molecular flexibility index (Phi) is 10.3. The van der Waals surface area contributed by atoms with E-state index in [0.717, 1.165) is 34.7 Å². The summed E-state index contributed by atoms with van der Waals surface area (Å²) in [6.07, 6.45) is 6.63. The Morgan fingerprint density at radius 2 is 1.67 bits per heavy atom. The van der Waals surface area contributed by atoms with Crippen LogP contribution in [0, 0.1) is 5.82 Å². The van der Waals surface area contributed by atoms with Gasteiger partial charge < -0.3 is 18.9 Å². The molecule has 1 saturated heterocycles. The molecule has 5 aromatic rings. The summed E-state index contributed by atoms with van der Waals surface area (Å²) in [6.45, 7) is 2.35. The lowest BCUT2D eigenvalue weighted by Gasteiger charge is -2.41. The lowest BCUT2D eigenvalue weighted by molar-refractivity contribution is -0.122. The van der Waals surface area contributed by atoms with Gasteiger partial charge >= 0.3 is 0 Å². The number of aromatic nitrogens is 2. The van der Waals surface area contributed by atoms with Crippen molar-refractivity contribution in [2.45, 2.75) is 32.2 Å². The molecule has 9 heteroatoms. The lowest BCUT2D eigenvalue weighted by atomic mass is 10.1. The van der Waals surface area contributed by atoms with E-state index < -0.39 is 0 Å². The van der Waals surface area contributed by atoms with Gasteiger partial charge in [0.05, 0.1) is 24.3 Å². The van der Waals surface area contributed by atoms with Gasteiger partial charge in [0.2, 0.25) is 5.91 Å². The number of hydrogen-bond donors (Lipinski definition) is 0. The fourth-order valence-electron chi connectivity index (χ4n) is 5.69. The maximum absolute atomic E-state index is 13.8. The topological polar surface area (TPSA) is 59.8 Å². The Hall–Kier alpha value is -4.60. The Morgan fingerprint density at radius 1 is 0.891 bits per heavy atom. The van der Waals surface area contributed by atoms with Crippen molar-refractivity contribution in [1.82, 2.24) is 14.5 Å². The standard InChI is InChI=1S/C37H37FN4O3S/c1-46-18-17-31-24-42(37(43)25-40(31)23-32-21-39-27-41(32)22-29-11-7-12-30(38)19-29)35-15-5-6-16-36(35)45-34-14-8-13-33(20-34)44-26-28-9-3-2-4-10-28/h2-16,19-21,27,31H,17-18,22-26H2,1H3/t31-/m0/s1. The summed E-state index contributed by atoms with van der Waals surface area (Å²) in [5.41, 5.74) is 3.68. The van der Waals surface area contributed by atoms with Crippen molar-refractivity contribution in [3.8, 4) is 17.2 Å². The van der Waals surface area contributed by atoms with E-state index in [4.69, 9.17) is 9.47 Å². The van der Waals surface area contributed by atoms with Crippen molar-refractivity contribution in [3.05, 3.63) is 138 Å². The van der Waals surface area contributed by atoms with Gasteiger partial charge in [-0.05, 0) is 66.0 Å². The molecule has 1 aliphatic heterocycles.